The van der Waals surface area contributed by atoms with Gasteiger partial charge in [0.05, 0.1) is 7.11 Å². The van der Waals surface area contributed by atoms with E-state index < -0.39 is 24.1 Å². The summed E-state index contributed by atoms with van der Waals surface area (Å²) in [7, 11) is 1.14. The SMILES string of the molecule is COC(=O)NC(=O)[C@@H](C)OC(=O)CCc1ccc(C(C)(C)C)cc1. The molecule has 6 nitrogen and oxygen atoms in total. The lowest BCUT2D eigenvalue weighted by Gasteiger charge is -2.19. The summed E-state index contributed by atoms with van der Waals surface area (Å²) in [4.78, 5) is 34.3. The molecule has 1 N–H and O–H groups in total. The first-order valence-corrected chi connectivity index (χ1v) is 7.81. The molecule has 0 saturated carbocycles. The van der Waals surface area contributed by atoms with E-state index in [2.05, 4.69) is 25.5 Å². The van der Waals surface area contributed by atoms with Crippen molar-refractivity contribution < 1.29 is 23.9 Å². The second-order valence-electron chi connectivity index (χ2n) is 6.56. The summed E-state index contributed by atoms with van der Waals surface area (Å²) >= 11 is 0. The third-order valence-corrected chi connectivity index (χ3v) is 3.53. The normalized spacial score (nSPS) is 12.2. The molecular formula is C18H25NO5. The molecule has 0 heterocycles. The van der Waals surface area contributed by atoms with Gasteiger partial charge in [-0.05, 0) is 29.9 Å². The average molecular weight is 335 g/mol. The number of methoxy groups -OCH3 is 1. The molecule has 0 aromatic heterocycles. The van der Waals surface area contributed by atoms with Crippen molar-refractivity contribution in [3.8, 4) is 0 Å². The number of hydrogen-bond acceptors (Lipinski definition) is 5. The van der Waals surface area contributed by atoms with Crippen LogP contribution in [-0.2, 0) is 30.9 Å². The maximum Gasteiger partial charge on any atom is 0.413 e. The largest absolute Gasteiger partial charge is 0.453 e. The third kappa shape index (κ3) is 6.40. The van der Waals surface area contributed by atoms with Gasteiger partial charge in [-0.3, -0.25) is 14.9 Å². The lowest BCUT2D eigenvalue weighted by atomic mass is 9.86. The predicted octanol–water partition coefficient (Wildman–Crippen LogP) is 2.73. The molecule has 0 aliphatic heterocycles. The second kappa shape index (κ2) is 8.47. The van der Waals surface area contributed by atoms with Gasteiger partial charge in [-0.2, -0.15) is 0 Å². The van der Waals surface area contributed by atoms with Gasteiger partial charge in [-0.15, -0.1) is 0 Å². The first-order valence-electron chi connectivity index (χ1n) is 7.81. The Morgan fingerprint density at radius 3 is 2.21 bits per heavy atom. The van der Waals surface area contributed by atoms with Crippen LogP contribution in [0.2, 0.25) is 0 Å². The number of benzene rings is 1. The van der Waals surface area contributed by atoms with Crippen LogP contribution < -0.4 is 5.32 Å². The van der Waals surface area contributed by atoms with E-state index in [1.807, 2.05) is 29.6 Å². The highest BCUT2D eigenvalue weighted by atomic mass is 16.6. The molecule has 0 fully saturated rings. The van der Waals surface area contributed by atoms with E-state index in [-0.39, 0.29) is 11.8 Å². The number of imide groups is 1. The molecule has 0 spiro atoms. The fourth-order valence-electron chi connectivity index (χ4n) is 1.98. The molecule has 6 heteroatoms. The number of alkyl carbamates (subject to hydrolysis) is 1. The molecule has 1 rings (SSSR count). The molecular weight excluding hydrogens is 310 g/mol. The number of esters is 1. The minimum Gasteiger partial charge on any atom is -0.453 e. The number of hydrogen-bond donors (Lipinski definition) is 1. The summed E-state index contributed by atoms with van der Waals surface area (Å²) in [5.74, 6) is -1.22. The lowest BCUT2D eigenvalue weighted by molar-refractivity contribution is -0.154. The number of carbonyl (C=O) groups is 3. The van der Waals surface area contributed by atoms with E-state index in [0.29, 0.717) is 6.42 Å². The maximum atomic E-state index is 11.8. The van der Waals surface area contributed by atoms with Gasteiger partial charge >= 0.3 is 12.1 Å². The topological polar surface area (TPSA) is 81.7 Å². The van der Waals surface area contributed by atoms with Crippen LogP contribution in [0.25, 0.3) is 0 Å². The lowest BCUT2D eigenvalue weighted by Crippen LogP contribution is -2.39. The van der Waals surface area contributed by atoms with Crippen LogP contribution in [0, 0.1) is 0 Å². The van der Waals surface area contributed by atoms with Crippen molar-refractivity contribution in [2.24, 2.45) is 0 Å². The first-order chi connectivity index (χ1) is 11.1. The number of amides is 2. The third-order valence-electron chi connectivity index (χ3n) is 3.53. The molecule has 0 saturated heterocycles. The van der Waals surface area contributed by atoms with E-state index in [1.165, 1.54) is 12.5 Å². The molecule has 1 atom stereocenters. The van der Waals surface area contributed by atoms with Crippen LogP contribution in [0.5, 0.6) is 0 Å². The minimum absolute atomic E-state index is 0.0832. The Morgan fingerprint density at radius 1 is 1.12 bits per heavy atom. The number of nitrogens with one attached hydrogen (secondary N) is 1. The minimum atomic E-state index is -1.06. The molecule has 2 amide bonds. The van der Waals surface area contributed by atoms with Crippen LogP contribution in [0.15, 0.2) is 24.3 Å². The quantitative estimate of drug-likeness (QED) is 0.837. The monoisotopic (exact) mass is 335 g/mol. The summed E-state index contributed by atoms with van der Waals surface area (Å²) in [6.07, 6.45) is -1.26. The highest BCUT2D eigenvalue weighted by molar-refractivity contribution is 5.94. The predicted molar refractivity (Wildman–Crippen MR) is 89.6 cm³/mol. The molecule has 0 aliphatic rings. The van der Waals surface area contributed by atoms with E-state index in [4.69, 9.17) is 4.74 Å². The second-order valence-corrected chi connectivity index (χ2v) is 6.56. The van der Waals surface area contributed by atoms with Gasteiger partial charge in [0.25, 0.3) is 5.91 Å². The van der Waals surface area contributed by atoms with Gasteiger partial charge < -0.3 is 9.47 Å². The zero-order valence-corrected chi connectivity index (χ0v) is 14.8. The number of carbonyl (C=O) groups excluding carboxylic acids is 3. The van der Waals surface area contributed by atoms with Crippen molar-refractivity contribution in [3.63, 3.8) is 0 Å². The summed E-state index contributed by atoms with van der Waals surface area (Å²) in [6.45, 7) is 7.81. The molecule has 24 heavy (non-hydrogen) atoms. The molecule has 0 aliphatic carbocycles. The van der Waals surface area contributed by atoms with Crippen LogP contribution in [0.3, 0.4) is 0 Å². The van der Waals surface area contributed by atoms with E-state index in [9.17, 15) is 14.4 Å². The number of rotatable bonds is 5. The standard InChI is InChI=1S/C18H25NO5/c1-12(16(21)19-17(22)23-5)24-15(20)11-8-13-6-9-14(10-7-13)18(2,3)4/h6-7,9-10,12H,8,11H2,1-5H3,(H,19,21,22)/t12-/m1/s1. The van der Waals surface area contributed by atoms with Crippen LogP contribution >= 0.6 is 0 Å². The van der Waals surface area contributed by atoms with Crippen molar-refractivity contribution in [1.29, 1.82) is 0 Å². The first kappa shape index (κ1) is 19.7. The Morgan fingerprint density at radius 2 is 1.71 bits per heavy atom. The van der Waals surface area contributed by atoms with E-state index >= 15 is 0 Å². The van der Waals surface area contributed by atoms with Crippen molar-refractivity contribution in [2.45, 2.75) is 52.1 Å². The average Bonchev–Trinajstić information content (AvgIpc) is 2.52. The highest BCUT2D eigenvalue weighted by Crippen LogP contribution is 2.22. The van der Waals surface area contributed by atoms with E-state index in [1.54, 1.807) is 0 Å². The van der Waals surface area contributed by atoms with Crippen molar-refractivity contribution in [1.82, 2.24) is 5.32 Å². The Labute approximate surface area is 142 Å². The molecule has 132 valence electrons. The van der Waals surface area contributed by atoms with Gasteiger partial charge in [-0.1, -0.05) is 45.0 Å². The number of aryl methyl sites for hydroxylation is 1. The van der Waals surface area contributed by atoms with Gasteiger partial charge in [0.15, 0.2) is 6.10 Å². The maximum absolute atomic E-state index is 11.8. The molecule has 0 unspecified atom stereocenters. The van der Waals surface area contributed by atoms with Gasteiger partial charge in [-0.25, -0.2) is 4.79 Å². The Hall–Kier alpha value is -2.37. The van der Waals surface area contributed by atoms with Gasteiger partial charge in [0.2, 0.25) is 0 Å². The summed E-state index contributed by atoms with van der Waals surface area (Å²) in [6, 6.07) is 8.07. The van der Waals surface area contributed by atoms with Gasteiger partial charge in [0.1, 0.15) is 0 Å². The summed E-state index contributed by atoms with van der Waals surface area (Å²) in [5.41, 5.74) is 2.33. The van der Waals surface area contributed by atoms with Crippen molar-refractivity contribution in [3.05, 3.63) is 35.4 Å². The van der Waals surface area contributed by atoms with E-state index in [0.717, 1.165) is 12.7 Å². The zero-order chi connectivity index (χ0) is 18.3. The van der Waals surface area contributed by atoms with Crippen molar-refractivity contribution in [2.75, 3.05) is 7.11 Å². The summed E-state index contributed by atoms with van der Waals surface area (Å²) in [5, 5.41) is 1.95. The number of ether oxygens (including phenoxy) is 2. The molecule has 0 bridgehead atoms. The fourth-order valence-corrected chi connectivity index (χ4v) is 1.98. The Bertz CT molecular complexity index is 586. The smallest absolute Gasteiger partial charge is 0.413 e. The zero-order valence-electron chi connectivity index (χ0n) is 14.8. The Kier molecular flexibility index (Phi) is 6.95. The van der Waals surface area contributed by atoms with Crippen LogP contribution in [-0.4, -0.2) is 31.2 Å². The molecule has 1 aromatic rings. The summed E-state index contributed by atoms with van der Waals surface area (Å²) < 4.78 is 9.30. The molecule has 0 radical (unpaired) electrons. The highest BCUT2D eigenvalue weighted by Gasteiger charge is 2.20. The molecule has 1 aromatic carbocycles. The van der Waals surface area contributed by atoms with Crippen molar-refractivity contribution >= 4 is 18.0 Å². The van der Waals surface area contributed by atoms with Crippen LogP contribution in [0.4, 0.5) is 4.79 Å². The Balaban J connectivity index is 2.46. The van der Waals surface area contributed by atoms with Crippen LogP contribution in [0.1, 0.15) is 45.2 Å². The fraction of sp³-hybridized carbons (Fsp3) is 0.500. The van der Waals surface area contributed by atoms with Gasteiger partial charge in [0, 0.05) is 6.42 Å².